The van der Waals surface area contributed by atoms with Crippen LogP contribution in [0, 0.1) is 6.92 Å². The molecule has 1 aromatic carbocycles. The van der Waals surface area contributed by atoms with Gasteiger partial charge in [-0.1, -0.05) is 0 Å². The highest BCUT2D eigenvalue weighted by Crippen LogP contribution is 2.35. The molecule has 0 atom stereocenters. The highest BCUT2D eigenvalue weighted by molar-refractivity contribution is 5.97. The first-order valence-electron chi connectivity index (χ1n) is 6.93. The number of carbonyl (C=O) groups is 1. The summed E-state index contributed by atoms with van der Waals surface area (Å²) in [4.78, 5) is 14.0. The number of likely N-dealkylation sites (N-methyl/N-ethyl adjacent to an activating group) is 1. The molecule has 1 heterocycles. The Kier molecular flexibility index (Phi) is 4.53. The van der Waals surface area contributed by atoms with E-state index in [0.29, 0.717) is 6.61 Å². The van der Waals surface area contributed by atoms with Crippen LogP contribution in [0.5, 0.6) is 11.5 Å². The van der Waals surface area contributed by atoms with Gasteiger partial charge >= 0.3 is 0 Å². The summed E-state index contributed by atoms with van der Waals surface area (Å²) in [5.41, 5.74) is 1.67. The van der Waals surface area contributed by atoms with Gasteiger partial charge in [-0.25, -0.2) is 0 Å². The minimum absolute atomic E-state index is 0.0230. The Balaban J connectivity index is 2.50. The van der Waals surface area contributed by atoms with E-state index >= 15 is 0 Å². The standard InChI is InChI=1S/C16H22N2O3/c1-11-16(21-9-8-17(3)4)14-10-13(20-5)6-7-15(14)18(11)12(2)19/h6-7,10H,8-9H2,1-5H3. The SMILES string of the molecule is COc1ccc2c(c1)c(OCCN(C)C)c(C)n2C(C)=O. The quantitative estimate of drug-likeness (QED) is 0.849. The Labute approximate surface area is 125 Å². The van der Waals surface area contributed by atoms with Gasteiger partial charge in [-0.15, -0.1) is 0 Å². The molecule has 21 heavy (non-hydrogen) atoms. The van der Waals surface area contributed by atoms with Gasteiger partial charge in [0.15, 0.2) is 0 Å². The highest BCUT2D eigenvalue weighted by atomic mass is 16.5. The van der Waals surface area contributed by atoms with Crippen molar-refractivity contribution < 1.29 is 14.3 Å². The van der Waals surface area contributed by atoms with E-state index in [1.165, 1.54) is 0 Å². The van der Waals surface area contributed by atoms with E-state index in [2.05, 4.69) is 4.90 Å². The van der Waals surface area contributed by atoms with Crippen molar-refractivity contribution in [3.63, 3.8) is 0 Å². The lowest BCUT2D eigenvalue weighted by Gasteiger charge is -2.11. The molecule has 2 rings (SSSR count). The normalized spacial score (nSPS) is 11.1. The molecule has 0 saturated carbocycles. The molecule has 0 spiro atoms. The number of benzene rings is 1. The molecule has 0 aliphatic rings. The van der Waals surface area contributed by atoms with Crippen molar-refractivity contribution in [3.8, 4) is 11.5 Å². The van der Waals surface area contributed by atoms with Crippen LogP contribution in [0.25, 0.3) is 10.9 Å². The molecule has 0 bridgehead atoms. The molecule has 0 unspecified atom stereocenters. The van der Waals surface area contributed by atoms with Crippen LogP contribution in [0.1, 0.15) is 17.4 Å². The van der Waals surface area contributed by atoms with E-state index in [1.54, 1.807) is 18.6 Å². The van der Waals surface area contributed by atoms with Crippen LogP contribution < -0.4 is 9.47 Å². The predicted octanol–water partition coefficient (Wildman–Crippen LogP) is 2.56. The zero-order valence-electron chi connectivity index (χ0n) is 13.3. The third kappa shape index (κ3) is 3.03. The molecule has 0 saturated heterocycles. The maximum absolute atomic E-state index is 11.9. The van der Waals surface area contributed by atoms with E-state index in [-0.39, 0.29) is 5.91 Å². The van der Waals surface area contributed by atoms with Gasteiger partial charge in [-0.05, 0) is 39.2 Å². The van der Waals surface area contributed by atoms with E-state index in [0.717, 1.165) is 34.6 Å². The average Bonchev–Trinajstić information content (AvgIpc) is 2.70. The highest BCUT2D eigenvalue weighted by Gasteiger charge is 2.18. The summed E-state index contributed by atoms with van der Waals surface area (Å²) in [7, 11) is 5.62. The molecule has 5 nitrogen and oxygen atoms in total. The lowest BCUT2D eigenvalue weighted by Crippen LogP contribution is -2.19. The summed E-state index contributed by atoms with van der Waals surface area (Å²) < 4.78 is 12.9. The molecule has 0 aliphatic heterocycles. The fraction of sp³-hybridized carbons (Fsp3) is 0.438. The lowest BCUT2D eigenvalue weighted by molar-refractivity contribution is 0.0938. The van der Waals surface area contributed by atoms with Gasteiger partial charge in [0.2, 0.25) is 5.91 Å². The summed E-state index contributed by atoms with van der Waals surface area (Å²) in [6.07, 6.45) is 0. The number of aromatic nitrogens is 1. The van der Waals surface area contributed by atoms with Gasteiger partial charge in [-0.3, -0.25) is 9.36 Å². The monoisotopic (exact) mass is 290 g/mol. The number of carbonyl (C=O) groups excluding carboxylic acids is 1. The van der Waals surface area contributed by atoms with Crippen LogP contribution in [0.2, 0.25) is 0 Å². The van der Waals surface area contributed by atoms with Crippen LogP contribution in [0.15, 0.2) is 18.2 Å². The Morgan fingerprint density at radius 3 is 2.62 bits per heavy atom. The van der Waals surface area contributed by atoms with Crippen molar-refractivity contribution in [2.75, 3.05) is 34.4 Å². The first-order chi connectivity index (χ1) is 9.95. The smallest absolute Gasteiger partial charge is 0.228 e. The number of rotatable bonds is 5. The van der Waals surface area contributed by atoms with Crippen molar-refractivity contribution in [2.24, 2.45) is 0 Å². The summed E-state index contributed by atoms with van der Waals surface area (Å²) >= 11 is 0. The lowest BCUT2D eigenvalue weighted by atomic mass is 10.2. The average molecular weight is 290 g/mol. The van der Waals surface area contributed by atoms with Crippen LogP contribution in [0.3, 0.4) is 0 Å². The second-order valence-electron chi connectivity index (χ2n) is 5.30. The number of ether oxygens (including phenoxy) is 2. The molecule has 5 heteroatoms. The van der Waals surface area contributed by atoms with Gasteiger partial charge in [0.05, 0.1) is 18.3 Å². The van der Waals surface area contributed by atoms with Gasteiger partial charge in [0, 0.05) is 18.9 Å². The van der Waals surface area contributed by atoms with Gasteiger partial charge < -0.3 is 14.4 Å². The molecule has 0 amide bonds. The van der Waals surface area contributed by atoms with Crippen molar-refractivity contribution in [1.82, 2.24) is 9.47 Å². The van der Waals surface area contributed by atoms with E-state index in [4.69, 9.17) is 9.47 Å². The van der Waals surface area contributed by atoms with Gasteiger partial charge in [-0.2, -0.15) is 0 Å². The molecule has 0 radical (unpaired) electrons. The number of nitrogens with zero attached hydrogens (tertiary/aromatic N) is 2. The maximum atomic E-state index is 11.9. The third-order valence-corrected chi connectivity index (χ3v) is 3.45. The summed E-state index contributed by atoms with van der Waals surface area (Å²) in [6, 6.07) is 5.65. The fourth-order valence-corrected chi connectivity index (χ4v) is 2.41. The van der Waals surface area contributed by atoms with Crippen LogP contribution >= 0.6 is 0 Å². The fourth-order valence-electron chi connectivity index (χ4n) is 2.41. The number of methoxy groups -OCH3 is 1. The molecule has 0 aliphatic carbocycles. The van der Waals surface area contributed by atoms with E-state index in [1.807, 2.05) is 39.2 Å². The first kappa shape index (κ1) is 15.4. The summed E-state index contributed by atoms with van der Waals surface area (Å²) in [6.45, 7) is 4.84. The molecule has 0 fully saturated rings. The summed E-state index contributed by atoms with van der Waals surface area (Å²) in [5.74, 6) is 1.48. The Morgan fingerprint density at radius 2 is 2.05 bits per heavy atom. The minimum atomic E-state index is -0.0230. The van der Waals surface area contributed by atoms with Crippen molar-refractivity contribution >= 4 is 16.8 Å². The molecule has 114 valence electrons. The van der Waals surface area contributed by atoms with Crippen LogP contribution in [0.4, 0.5) is 0 Å². The predicted molar refractivity (Wildman–Crippen MR) is 83.6 cm³/mol. The van der Waals surface area contributed by atoms with Crippen molar-refractivity contribution in [1.29, 1.82) is 0 Å². The Hall–Kier alpha value is -2.01. The molecular formula is C16H22N2O3. The molecule has 1 aromatic heterocycles. The number of hydrogen-bond acceptors (Lipinski definition) is 4. The van der Waals surface area contributed by atoms with Crippen molar-refractivity contribution in [2.45, 2.75) is 13.8 Å². The molecule has 2 aromatic rings. The maximum Gasteiger partial charge on any atom is 0.228 e. The topological polar surface area (TPSA) is 43.7 Å². The first-order valence-corrected chi connectivity index (χ1v) is 6.93. The van der Waals surface area contributed by atoms with Crippen LogP contribution in [-0.4, -0.2) is 49.7 Å². The van der Waals surface area contributed by atoms with E-state index in [9.17, 15) is 4.79 Å². The molecule has 0 N–H and O–H groups in total. The van der Waals surface area contributed by atoms with Gasteiger partial charge in [0.1, 0.15) is 18.1 Å². The van der Waals surface area contributed by atoms with Crippen LogP contribution in [-0.2, 0) is 0 Å². The molecular weight excluding hydrogens is 268 g/mol. The summed E-state index contributed by atoms with van der Waals surface area (Å²) in [5, 5.41) is 0.904. The van der Waals surface area contributed by atoms with E-state index < -0.39 is 0 Å². The number of fused-ring (bicyclic) bond motifs is 1. The minimum Gasteiger partial charge on any atom is -0.497 e. The third-order valence-electron chi connectivity index (χ3n) is 3.45. The zero-order chi connectivity index (χ0) is 15.6. The van der Waals surface area contributed by atoms with Crippen molar-refractivity contribution in [3.05, 3.63) is 23.9 Å². The number of hydrogen-bond donors (Lipinski definition) is 0. The largest absolute Gasteiger partial charge is 0.497 e. The Morgan fingerprint density at radius 1 is 1.33 bits per heavy atom. The second kappa shape index (κ2) is 6.18. The second-order valence-corrected chi connectivity index (χ2v) is 5.30. The Bertz CT molecular complexity index is 659. The van der Waals surface area contributed by atoms with Gasteiger partial charge in [0.25, 0.3) is 0 Å². The zero-order valence-corrected chi connectivity index (χ0v) is 13.3.